The predicted octanol–water partition coefficient (Wildman–Crippen LogP) is -1.35. The van der Waals surface area contributed by atoms with E-state index in [2.05, 4.69) is 8.37 Å². The molecule has 2 rings (SSSR count). The van der Waals surface area contributed by atoms with E-state index in [0.29, 0.717) is 0 Å². The van der Waals surface area contributed by atoms with Crippen LogP contribution < -0.4 is 0 Å². The minimum atomic E-state index is -4.95. The summed E-state index contributed by atoms with van der Waals surface area (Å²) >= 11 is 0. The van der Waals surface area contributed by atoms with Crippen LogP contribution >= 0.6 is 0 Å². The van der Waals surface area contributed by atoms with Gasteiger partial charge in [0, 0.05) is 0 Å². The Balaban J connectivity index is 2.30. The first kappa shape index (κ1) is 22.9. The Hall–Kier alpha value is -0.360. The molecule has 0 N–H and O–H groups in total. The predicted molar refractivity (Wildman–Crippen MR) is 90.4 cm³/mol. The minimum Gasteiger partial charge on any atom is -0.267 e. The summed E-state index contributed by atoms with van der Waals surface area (Å²) in [7, 11) is -17.9. The SMILES string of the molecule is CC1(OS(=O)(=O)C(C)(C)S(=O)(=O)OC2(C)COS(=O)(=O)C2)COS(=O)(=O)C1. The lowest BCUT2D eigenvalue weighted by molar-refractivity contribution is 0.0810. The van der Waals surface area contributed by atoms with E-state index >= 15 is 0 Å². The topological polar surface area (TPSA) is 173 Å². The molecule has 0 aromatic carbocycles. The van der Waals surface area contributed by atoms with Gasteiger partial charge in [-0.3, -0.25) is 16.7 Å². The quantitative estimate of drug-likeness (QED) is 0.416. The van der Waals surface area contributed by atoms with Crippen LogP contribution in [0.4, 0.5) is 0 Å². The summed E-state index contributed by atoms with van der Waals surface area (Å²) in [6.07, 6.45) is 0. The zero-order valence-electron chi connectivity index (χ0n) is 14.9. The third kappa shape index (κ3) is 4.63. The third-order valence-corrected chi connectivity index (χ3v) is 11.6. The molecular weight excluding hydrogens is 452 g/mol. The standard InChI is InChI=1S/C11H20O12S4/c1-9(2,26(16,17)22-10(3)5-20-24(12,13)7-10)27(18,19)23-11(4)6-21-25(14,15)8-11/h5-8H2,1-4H3. The van der Waals surface area contributed by atoms with Gasteiger partial charge in [0.2, 0.25) is 4.08 Å². The summed E-state index contributed by atoms with van der Waals surface area (Å²) in [5.41, 5.74) is -3.65. The maximum atomic E-state index is 12.6. The van der Waals surface area contributed by atoms with Crippen molar-refractivity contribution in [3.05, 3.63) is 0 Å². The highest BCUT2D eigenvalue weighted by atomic mass is 32.3. The van der Waals surface area contributed by atoms with Crippen LogP contribution in [0.2, 0.25) is 0 Å². The van der Waals surface area contributed by atoms with Crippen molar-refractivity contribution in [1.29, 1.82) is 0 Å². The van der Waals surface area contributed by atoms with Crippen LogP contribution in [-0.2, 0) is 57.2 Å². The Kier molecular flexibility index (Phi) is 5.36. The van der Waals surface area contributed by atoms with Gasteiger partial charge in [-0.15, -0.1) is 0 Å². The molecular formula is C11H20O12S4. The molecule has 2 saturated heterocycles. The molecule has 0 aromatic rings. The van der Waals surface area contributed by atoms with Crippen molar-refractivity contribution >= 4 is 40.5 Å². The highest BCUT2D eigenvalue weighted by Crippen LogP contribution is 2.36. The van der Waals surface area contributed by atoms with Gasteiger partial charge in [0.15, 0.2) is 0 Å². The Morgan fingerprint density at radius 1 is 0.778 bits per heavy atom. The summed E-state index contributed by atoms with van der Waals surface area (Å²) in [5.74, 6) is -1.58. The van der Waals surface area contributed by atoms with Crippen LogP contribution in [-0.4, -0.2) is 73.7 Å². The van der Waals surface area contributed by atoms with Gasteiger partial charge in [-0.25, -0.2) is 0 Å². The second-order valence-electron chi connectivity index (χ2n) is 7.30. The van der Waals surface area contributed by atoms with Crippen molar-refractivity contribution in [2.24, 2.45) is 0 Å². The van der Waals surface area contributed by atoms with Gasteiger partial charge in [0.05, 0.1) is 13.2 Å². The van der Waals surface area contributed by atoms with Crippen LogP contribution in [0.15, 0.2) is 0 Å². The van der Waals surface area contributed by atoms with Crippen LogP contribution in [0.1, 0.15) is 27.7 Å². The summed E-state index contributed by atoms with van der Waals surface area (Å²) in [6.45, 7) is 2.59. The summed E-state index contributed by atoms with van der Waals surface area (Å²) in [6, 6.07) is 0. The first-order valence-corrected chi connectivity index (χ1v) is 13.4. The van der Waals surface area contributed by atoms with Crippen molar-refractivity contribution in [3.8, 4) is 0 Å². The largest absolute Gasteiger partial charge is 0.290 e. The van der Waals surface area contributed by atoms with E-state index in [0.717, 1.165) is 27.7 Å². The van der Waals surface area contributed by atoms with Gasteiger partial charge < -0.3 is 0 Å². The number of hydrogen-bond acceptors (Lipinski definition) is 12. The fourth-order valence-electron chi connectivity index (χ4n) is 2.30. The average molecular weight is 473 g/mol. The fourth-order valence-corrected chi connectivity index (χ4v) is 8.13. The molecule has 0 radical (unpaired) electrons. The zero-order valence-corrected chi connectivity index (χ0v) is 18.1. The zero-order chi connectivity index (χ0) is 21.2. The van der Waals surface area contributed by atoms with Gasteiger partial charge >= 0.3 is 0 Å². The Labute approximate surface area is 158 Å². The van der Waals surface area contributed by atoms with Crippen molar-refractivity contribution in [2.75, 3.05) is 24.7 Å². The molecule has 0 saturated carbocycles. The molecule has 160 valence electrons. The smallest absolute Gasteiger partial charge is 0.267 e. The van der Waals surface area contributed by atoms with Crippen LogP contribution in [0, 0.1) is 0 Å². The second-order valence-corrected chi connectivity index (χ2v) is 15.0. The van der Waals surface area contributed by atoms with E-state index in [1.807, 2.05) is 0 Å². The molecule has 2 aliphatic heterocycles. The molecule has 0 bridgehead atoms. The van der Waals surface area contributed by atoms with Crippen LogP contribution in [0.25, 0.3) is 0 Å². The molecule has 2 heterocycles. The average Bonchev–Trinajstić information content (AvgIpc) is 2.82. The van der Waals surface area contributed by atoms with Gasteiger partial charge in [0.25, 0.3) is 40.5 Å². The highest BCUT2D eigenvalue weighted by molar-refractivity contribution is 8.06. The minimum absolute atomic E-state index is 0.616. The summed E-state index contributed by atoms with van der Waals surface area (Å²) in [4.78, 5) is 0. The Morgan fingerprint density at radius 2 is 1.07 bits per heavy atom. The molecule has 12 nitrogen and oxygen atoms in total. The molecule has 2 unspecified atom stereocenters. The van der Waals surface area contributed by atoms with Crippen molar-refractivity contribution < 1.29 is 50.4 Å². The van der Waals surface area contributed by atoms with E-state index in [1.165, 1.54) is 0 Å². The van der Waals surface area contributed by atoms with Gasteiger partial charge in [-0.05, 0) is 27.7 Å². The van der Waals surface area contributed by atoms with Crippen molar-refractivity contribution in [3.63, 3.8) is 0 Å². The second kappa shape index (κ2) is 6.32. The first-order chi connectivity index (χ1) is 11.7. The highest BCUT2D eigenvalue weighted by Gasteiger charge is 2.57. The lowest BCUT2D eigenvalue weighted by Gasteiger charge is -2.31. The monoisotopic (exact) mass is 472 g/mol. The van der Waals surface area contributed by atoms with Crippen LogP contribution in [0.5, 0.6) is 0 Å². The summed E-state index contributed by atoms with van der Waals surface area (Å²) < 4.78 is 112. The van der Waals surface area contributed by atoms with E-state index < -0.39 is 80.5 Å². The maximum Gasteiger partial charge on any atom is 0.290 e. The molecule has 16 heteroatoms. The molecule has 0 spiro atoms. The molecule has 27 heavy (non-hydrogen) atoms. The number of rotatable bonds is 6. The van der Waals surface area contributed by atoms with Crippen molar-refractivity contribution in [2.45, 2.75) is 43.0 Å². The van der Waals surface area contributed by atoms with Crippen LogP contribution in [0.3, 0.4) is 0 Å². The first-order valence-electron chi connectivity index (χ1n) is 7.39. The van der Waals surface area contributed by atoms with Gasteiger partial charge in [0.1, 0.15) is 22.7 Å². The van der Waals surface area contributed by atoms with E-state index in [9.17, 15) is 33.7 Å². The van der Waals surface area contributed by atoms with E-state index in [-0.39, 0.29) is 0 Å². The Morgan fingerprint density at radius 3 is 1.30 bits per heavy atom. The van der Waals surface area contributed by atoms with Gasteiger partial charge in [-0.2, -0.15) is 33.7 Å². The molecule has 0 aliphatic carbocycles. The van der Waals surface area contributed by atoms with Gasteiger partial charge in [-0.1, -0.05) is 0 Å². The molecule has 2 aliphatic rings. The lowest BCUT2D eigenvalue weighted by Crippen LogP contribution is -2.50. The maximum absolute atomic E-state index is 12.6. The van der Waals surface area contributed by atoms with E-state index in [4.69, 9.17) is 8.37 Å². The molecule has 0 aromatic heterocycles. The van der Waals surface area contributed by atoms with Crippen molar-refractivity contribution in [1.82, 2.24) is 0 Å². The molecule has 0 amide bonds. The fraction of sp³-hybridized carbons (Fsp3) is 1.00. The molecule has 2 fully saturated rings. The number of hydrogen-bond donors (Lipinski definition) is 0. The normalized spacial score (nSPS) is 33.9. The molecule has 2 atom stereocenters. The lowest BCUT2D eigenvalue weighted by atomic mass is 10.2. The van der Waals surface area contributed by atoms with E-state index in [1.54, 1.807) is 0 Å². The summed E-state index contributed by atoms with van der Waals surface area (Å²) in [5, 5.41) is 0. The third-order valence-electron chi connectivity index (χ3n) is 3.88. The Bertz CT molecular complexity index is 953.